The maximum Gasteiger partial charge on any atom is 0.221 e. The van der Waals surface area contributed by atoms with Crippen molar-refractivity contribution in [1.29, 1.82) is 0 Å². The lowest BCUT2D eigenvalue weighted by Gasteiger charge is -2.36. The quantitative estimate of drug-likeness (QED) is 0.199. The zero-order valence-electron chi connectivity index (χ0n) is 22.0. The number of fused-ring (bicyclic) bond motifs is 3. The van der Waals surface area contributed by atoms with E-state index in [-0.39, 0.29) is 7.92 Å². The van der Waals surface area contributed by atoms with Gasteiger partial charge in [-0.3, -0.25) is 0 Å². The van der Waals surface area contributed by atoms with Crippen LogP contribution in [0.1, 0.15) is 74.1 Å². The van der Waals surface area contributed by atoms with E-state index in [0.29, 0.717) is 11.3 Å². The average molecular weight is 479 g/mol. The van der Waals surface area contributed by atoms with Crippen LogP contribution in [0.15, 0.2) is 42.6 Å². The molecule has 35 heavy (non-hydrogen) atoms. The van der Waals surface area contributed by atoms with E-state index in [1.54, 1.807) is 38.2 Å². The van der Waals surface area contributed by atoms with Crippen molar-refractivity contribution in [2.75, 3.05) is 6.66 Å². The van der Waals surface area contributed by atoms with Crippen LogP contribution in [0.4, 0.5) is 0 Å². The van der Waals surface area contributed by atoms with Crippen molar-refractivity contribution < 1.29 is 4.57 Å². The van der Waals surface area contributed by atoms with E-state index >= 15 is 0 Å². The van der Waals surface area contributed by atoms with E-state index in [1.807, 2.05) is 0 Å². The Morgan fingerprint density at radius 1 is 1.00 bits per heavy atom. The lowest BCUT2D eigenvalue weighted by molar-refractivity contribution is -0.659. The Kier molecular flexibility index (Phi) is 4.79. The Hall–Kier alpha value is -2.24. The first-order valence-corrected chi connectivity index (χ1v) is 15.4. The van der Waals surface area contributed by atoms with Crippen molar-refractivity contribution in [2.45, 2.75) is 71.6 Å². The molecule has 7 rings (SSSR count). The minimum Gasteiger partial charge on any atom is -0.200 e. The molecule has 1 fully saturated rings. The number of hydrogen-bond donors (Lipinski definition) is 0. The SMILES string of the molecule is Cc1c2c(c3c4c(cccc14)CCC3)P(C)c1cc(C3CCC(C)(C)CC3)cc3cc[n+](C)c-2c13. The molecule has 1 nitrogen and oxygen atoms in total. The first kappa shape index (κ1) is 22.0. The molecule has 2 heteroatoms. The zero-order valence-corrected chi connectivity index (χ0v) is 22.9. The van der Waals surface area contributed by atoms with Crippen LogP contribution in [0.5, 0.6) is 0 Å². The summed E-state index contributed by atoms with van der Waals surface area (Å²) in [5, 5.41) is 9.38. The third kappa shape index (κ3) is 3.13. The highest BCUT2D eigenvalue weighted by molar-refractivity contribution is 7.73. The molecule has 0 N–H and O–H groups in total. The lowest BCUT2D eigenvalue weighted by Crippen LogP contribution is -2.37. The normalized spacial score (nSPS) is 20.9. The van der Waals surface area contributed by atoms with Gasteiger partial charge >= 0.3 is 0 Å². The fourth-order valence-corrected chi connectivity index (χ4v) is 9.97. The number of nitrogens with zero attached hydrogens (tertiary/aromatic N) is 1. The van der Waals surface area contributed by atoms with Crippen LogP contribution < -0.4 is 15.2 Å². The first-order chi connectivity index (χ1) is 16.8. The highest BCUT2D eigenvalue weighted by Gasteiger charge is 2.37. The summed E-state index contributed by atoms with van der Waals surface area (Å²) in [7, 11) is 1.87. The highest BCUT2D eigenvalue weighted by atomic mass is 31.1. The molecule has 0 bridgehead atoms. The summed E-state index contributed by atoms with van der Waals surface area (Å²) in [4.78, 5) is 0. The summed E-state index contributed by atoms with van der Waals surface area (Å²) < 4.78 is 2.41. The molecule has 0 saturated heterocycles. The van der Waals surface area contributed by atoms with Gasteiger partial charge in [-0.05, 0) is 133 Å². The largest absolute Gasteiger partial charge is 0.221 e. The number of aryl methyl sites for hydroxylation is 4. The van der Waals surface area contributed by atoms with E-state index in [1.165, 1.54) is 72.4 Å². The van der Waals surface area contributed by atoms with E-state index in [9.17, 15) is 0 Å². The summed E-state index contributed by atoms with van der Waals surface area (Å²) in [6.07, 6.45) is 11.4. The molecule has 1 aliphatic heterocycles. The standard InChI is InChI=1S/C33H37NP/c1-20-25-10-6-8-22-9-7-11-26(29(22)25)32-28(20)31-30-23(14-17-34(31)4)18-24(19-27(30)35(32)5)21-12-15-33(2,3)16-13-21/h6,8,10,14,17-19,21H,7,9,11-13,15-16H2,1-5H3/q+1. The molecule has 0 radical (unpaired) electrons. The lowest BCUT2D eigenvalue weighted by atomic mass is 9.71. The second-order valence-corrected chi connectivity index (χ2v) is 14.3. The molecule has 3 aliphatic rings. The average Bonchev–Trinajstić information content (AvgIpc) is 2.85. The Bertz CT molecular complexity index is 1530. The molecule has 1 aromatic heterocycles. The van der Waals surface area contributed by atoms with Crippen LogP contribution in [0, 0.1) is 12.3 Å². The minimum atomic E-state index is -0.389. The van der Waals surface area contributed by atoms with Gasteiger partial charge in [-0.25, -0.2) is 4.57 Å². The third-order valence-corrected chi connectivity index (χ3v) is 11.8. The van der Waals surface area contributed by atoms with Gasteiger partial charge in [-0.1, -0.05) is 38.1 Å². The third-order valence-electron chi connectivity index (χ3n) is 9.61. The fourth-order valence-electron chi connectivity index (χ4n) is 7.58. The summed E-state index contributed by atoms with van der Waals surface area (Å²) >= 11 is 0. The Morgan fingerprint density at radius 2 is 1.80 bits per heavy atom. The summed E-state index contributed by atoms with van der Waals surface area (Å²) in [5.41, 5.74) is 9.85. The number of benzene rings is 3. The summed E-state index contributed by atoms with van der Waals surface area (Å²) in [5.74, 6) is 0.717. The molecule has 3 aromatic carbocycles. The van der Waals surface area contributed by atoms with Gasteiger partial charge < -0.3 is 0 Å². The number of rotatable bonds is 1. The Labute approximate surface area is 211 Å². The topological polar surface area (TPSA) is 3.88 Å². The van der Waals surface area contributed by atoms with Crippen molar-refractivity contribution in [1.82, 2.24) is 0 Å². The van der Waals surface area contributed by atoms with Crippen LogP contribution in [0.25, 0.3) is 32.8 Å². The highest BCUT2D eigenvalue weighted by Crippen LogP contribution is 2.50. The van der Waals surface area contributed by atoms with E-state index < -0.39 is 0 Å². The Balaban J connectivity index is 1.53. The van der Waals surface area contributed by atoms with Crippen molar-refractivity contribution in [3.8, 4) is 11.3 Å². The molecule has 178 valence electrons. The molecule has 4 aromatic rings. The van der Waals surface area contributed by atoms with E-state index in [2.05, 4.69) is 81.6 Å². The monoisotopic (exact) mass is 478 g/mol. The molecule has 1 saturated carbocycles. The first-order valence-electron chi connectivity index (χ1n) is 13.6. The maximum atomic E-state index is 2.66. The van der Waals surface area contributed by atoms with Gasteiger partial charge in [-0.2, -0.15) is 0 Å². The Morgan fingerprint density at radius 3 is 2.60 bits per heavy atom. The summed E-state index contributed by atoms with van der Waals surface area (Å²) in [6.45, 7) is 9.86. The van der Waals surface area contributed by atoms with E-state index in [4.69, 9.17) is 0 Å². The molecule has 1 atom stereocenters. The van der Waals surface area contributed by atoms with Gasteiger partial charge in [0.05, 0.1) is 10.9 Å². The van der Waals surface area contributed by atoms with Crippen LogP contribution in [0.2, 0.25) is 0 Å². The molecule has 0 amide bonds. The van der Waals surface area contributed by atoms with Crippen molar-refractivity contribution >= 4 is 40.1 Å². The van der Waals surface area contributed by atoms with Crippen molar-refractivity contribution in [3.63, 3.8) is 0 Å². The molecular weight excluding hydrogens is 441 g/mol. The van der Waals surface area contributed by atoms with Crippen LogP contribution in [0.3, 0.4) is 0 Å². The fraction of sp³-hybridized carbons (Fsp3) is 0.424. The summed E-state index contributed by atoms with van der Waals surface area (Å²) in [6, 6.07) is 14.6. The zero-order chi connectivity index (χ0) is 24.1. The number of hydrogen-bond acceptors (Lipinski definition) is 0. The predicted octanol–water partition coefficient (Wildman–Crippen LogP) is 7.34. The van der Waals surface area contributed by atoms with Crippen LogP contribution >= 0.6 is 7.92 Å². The van der Waals surface area contributed by atoms with Crippen LogP contribution in [-0.4, -0.2) is 6.66 Å². The maximum absolute atomic E-state index is 2.66. The van der Waals surface area contributed by atoms with Gasteiger partial charge in [-0.15, -0.1) is 0 Å². The smallest absolute Gasteiger partial charge is 0.200 e. The second-order valence-electron chi connectivity index (χ2n) is 12.3. The number of pyridine rings is 1. The van der Waals surface area contributed by atoms with Gasteiger partial charge in [0.25, 0.3) is 0 Å². The van der Waals surface area contributed by atoms with Crippen molar-refractivity contribution in [2.24, 2.45) is 12.5 Å². The van der Waals surface area contributed by atoms with Crippen LogP contribution in [-0.2, 0) is 19.9 Å². The second kappa shape index (κ2) is 7.63. The molecule has 0 spiro atoms. The minimum absolute atomic E-state index is 0.389. The van der Waals surface area contributed by atoms with Gasteiger partial charge in [0.2, 0.25) is 5.69 Å². The van der Waals surface area contributed by atoms with Gasteiger partial charge in [0, 0.05) is 6.07 Å². The van der Waals surface area contributed by atoms with Gasteiger partial charge in [0.1, 0.15) is 7.05 Å². The number of aromatic nitrogens is 1. The molecule has 2 aliphatic carbocycles. The van der Waals surface area contributed by atoms with Crippen molar-refractivity contribution in [3.05, 3.63) is 64.8 Å². The molecule has 1 unspecified atom stereocenters. The molecule has 2 heterocycles. The molecular formula is C33H37NP+. The van der Waals surface area contributed by atoms with E-state index in [0.717, 1.165) is 0 Å². The van der Waals surface area contributed by atoms with Gasteiger partial charge in [0.15, 0.2) is 6.20 Å². The predicted molar refractivity (Wildman–Crippen MR) is 152 cm³/mol.